The minimum atomic E-state index is -1.14. The van der Waals surface area contributed by atoms with Gasteiger partial charge in [-0.1, -0.05) is 43.7 Å². The van der Waals surface area contributed by atoms with Crippen LogP contribution in [0.1, 0.15) is 46.1 Å². The van der Waals surface area contributed by atoms with E-state index in [1.54, 1.807) is 7.11 Å². The number of benzene rings is 1. The van der Waals surface area contributed by atoms with Crippen LogP contribution in [0.3, 0.4) is 0 Å². The molecule has 0 radical (unpaired) electrons. The Morgan fingerprint density at radius 3 is 2.74 bits per heavy atom. The monoisotopic (exact) mass is 428 g/mol. The lowest BCUT2D eigenvalue weighted by Crippen LogP contribution is -2.85. The number of nitrogens with zero attached hydrogens (tertiary/aromatic N) is 1. The Balaban J connectivity index is 0.000000994. The van der Waals surface area contributed by atoms with E-state index < -0.39 is 28.4 Å². The molecule has 1 saturated carbocycles. The number of nitrogens with one attached hydrogen (secondary N) is 1. The van der Waals surface area contributed by atoms with Gasteiger partial charge in [0.25, 0.3) is 0 Å². The maximum Gasteiger partial charge on any atom is 0.303 e. The number of anilines is 1. The molecule has 1 aliphatic carbocycles. The summed E-state index contributed by atoms with van der Waals surface area (Å²) in [7, 11) is 1.73. The van der Waals surface area contributed by atoms with Crippen molar-refractivity contribution in [3.05, 3.63) is 41.5 Å². The molecule has 0 aromatic heterocycles. The van der Waals surface area contributed by atoms with Gasteiger partial charge in [0.15, 0.2) is 17.1 Å². The first-order valence-corrected chi connectivity index (χ1v) is 11.3. The Morgan fingerprint density at radius 2 is 2.10 bits per heavy atom. The van der Waals surface area contributed by atoms with Crippen LogP contribution in [0.4, 0.5) is 5.69 Å². The summed E-state index contributed by atoms with van der Waals surface area (Å²) >= 11 is 0. The Labute approximate surface area is 183 Å². The van der Waals surface area contributed by atoms with E-state index in [4.69, 9.17) is 14.2 Å². The van der Waals surface area contributed by atoms with Crippen LogP contribution >= 0.6 is 0 Å². The van der Waals surface area contributed by atoms with Gasteiger partial charge in [-0.05, 0) is 18.6 Å². The van der Waals surface area contributed by atoms with E-state index in [0.717, 1.165) is 16.8 Å². The number of rotatable bonds is 3. The molecule has 7 nitrogen and oxygen atoms in total. The zero-order valence-corrected chi connectivity index (χ0v) is 18.9. The van der Waals surface area contributed by atoms with Gasteiger partial charge in [0.05, 0.1) is 12.0 Å². The normalized spacial score (nSPS) is 44.4. The van der Waals surface area contributed by atoms with Gasteiger partial charge in [-0.2, -0.15) is 0 Å². The molecule has 31 heavy (non-hydrogen) atoms. The van der Waals surface area contributed by atoms with Gasteiger partial charge in [-0.25, -0.2) is 4.90 Å². The van der Waals surface area contributed by atoms with Gasteiger partial charge < -0.3 is 24.6 Å². The third kappa shape index (κ3) is 1.94. The number of hydrogen-bond acceptors (Lipinski definition) is 7. The lowest BCUT2D eigenvalue weighted by Gasteiger charge is -2.68. The molecule has 1 aromatic rings. The molecule has 3 saturated heterocycles. The fourth-order valence-electron chi connectivity index (χ4n) is 7.47. The molecule has 168 valence electrons. The standard InChI is InChI=1S/C22H26N2O5.C2H6/c1-4-14-11-24-18-10-19-15-7-5-6-8-17(15)23-22(19,29-18)21(24,27-3)9-16(14)20(19,12-25)28-13(2)26;1-2/h4-8,16,18,23,25H,9-12H2,1-3H3;1-2H3/b14-4-;/t16-,18-,19-,20+,21+,22+;/m0./s1. The van der Waals surface area contributed by atoms with Crippen molar-refractivity contribution in [3.8, 4) is 0 Å². The molecular formula is C24H32N2O5. The number of allylic oxidation sites excluding steroid dienone is 1. The molecule has 7 heteroatoms. The smallest absolute Gasteiger partial charge is 0.303 e. The molecule has 4 bridgehead atoms. The summed E-state index contributed by atoms with van der Waals surface area (Å²) in [5.41, 5.74) is -0.401. The van der Waals surface area contributed by atoms with Crippen molar-refractivity contribution in [2.24, 2.45) is 5.92 Å². The van der Waals surface area contributed by atoms with Crippen molar-refractivity contribution in [1.29, 1.82) is 0 Å². The number of methoxy groups -OCH3 is 1. The minimum absolute atomic E-state index is 0.165. The van der Waals surface area contributed by atoms with Crippen LogP contribution in [0.25, 0.3) is 0 Å². The molecule has 6 rings (SSSR count). The summed E-state index contributed by atoms with van der Waals surface area (Å²) < 4.78 is 19.2. The summed E-state index contributed by atoms with van der Waals surface area (Å²) in [5, 5.41) is 14.6. The van der Waals surface area contributed by atoms with E-state index in [1.807, 2.05) is 39.0 Å². The highest BCUT2D eigenvalue weighted by Crippen LogP contribution is 2.77. The van der Waals surface area contributed by atoms with E-state index in [1.165, 1.54) is 6.92 Å². The SMILES string of the molecule is C/C=C1/CN2[C@@H]3C[C@@]45c6ccccc6N[C@]4(O3)[C@]2(OC)C[C@@H]1[C@@]5(CO)OC(C)=O.CC. The van der Waals surface area contributed by atoms with Crippen molar-refractivity contribution < 1.29 is 24.1 Å². The van der Waals surface area contributed by atoms with Crippen LogP contribution in [0.2, 0.25) is 0 Å². The van der Waals surface area contributed by atoms with Gasteiger partial charge in [-0.15, -0.1) is 0 Å². The summed E-state index contributed by atoms with van der Waals surface area (Å²) in [6, 6.07) is 8.07. The van der Waals surface area contributed by atoms with E-state index in [-0.39, 0.29) is 18.8 Å². The number of esters is 1. The first kappa shape index (κ1) is 20.9. The second kappa shape index (κ2) is 6.54. The van der Waals surface area contributed by atoms with Crippen LogP contribution < -0.4 is 5.32 Å². The molecule has 1 aromatic carbocycles. The lowest BCUT2D eigenvalue weighted by atomic mass is 9.46. The maximum absolute atomic E-state index is 12.4. The quantitative estimate of drug-likeness (QED) is 0.566. The van der Waals surface area contributed by atoms with Gasteiger partial charge in [0.1, 0.15) is 6.23 Å². The summed E-state index contributed by atoms with van der Waals surface area (Å²) in [4.78, 5) is 14.7. The molecule has 4 fully saturated rings. The molecule has 1 spiro atoms. The Hall–Kier alpha value is -1.93. The number of piperidine rings is 2. The maximum atomic E-state index is 12.4. The van der Waals surface area contributed by atoms with Crippen molar-refractivity contribution in [2.45, 2.75) is 69.2 Å². The van der Waals surface area contributed by atoms with Crippen molar-refractivity contribution >= 4 is 11.7 Å². The van der Waals surface area contributed by atoms with E-state index in [2.05, 4.69) is 22.4 Å². The average Bonchev–Trinajstić information content (AvgIpc) is 3.38. The third-order valence-corrected chi connectivity index (χ3v) is 8.29. The fraction of sp³-hybridized carbons (Fsp3) is 0.625. The number of ether oxygens (including phenoxy) is 3. The van der Waals surface area contributed by atoms with Crippen LogP contribution in [0.5, 0.6) is 0 Å². The Morgan fingerprint density at radius 1 is 1.35 bits per heavy atom. The zero-order valence-electron chi connectivity index (χ0n) is 18.9. The van der Waals surface area contributed by atoms with Crippen LogP contribution in [0, 0.1) is 5.92 Å². The molecule has 6 atom stereocenters. The summed E-state index contributed by atoms with van der Waals surface area (Å²) in [6.07, 6.45) is 3.11. The molecule has 0 unspecified atom stereocenters. The highest BCUT2D eigenvalue weighted by Gasteiger charge is 2.91. The van der Waals surface area contributed by atoms with Gasteiger partial charge in [-0.3, -0.25) is 4.79 Å². The van der Waals surface area contributed by atoms with E-state index >= 15 is 0 Å². The molecular weight excluding hydrogens is 396 g/mol. The average molecular weight is 429 g/mol. The Bertz CT molecular complexity index is 965. The second-order valence-corrected chi connectivity index (χ2v) is 8.91. The largest absolute Gasteiger partial charge is 0.455 e. The number of para-hydroxylation sites is 1. The highest BCUT2D eigenvalue weighted by molar-refractivity contribution is 5.73. The molecule has 4 heterocycles. The van der Waals surface area contributed by atoms with E-state index in [0.29, 0.717) is 19.4 Å². The number of hydrogen-bond donors (Lipinski definition) is 2. The lowest BCUT2D eigenvalue weighted by molar-refractivity contribution is -0.299. The summed E-state index contributed by atoms with van der Waals surface area (Å²) in [6.45, 7) is 7.82. The minimum Gasteiger partial charge on any atom is -0.455 e. The van der Waals surface area contributed by atoms with Gasteiger partial charge in [0.2, 0.25) is 0 Å². The van der Waals surface area contributed by atoms with Crippen LogP contribution in [-0.4, -0.2) is 59.5 Å². The molecule has 5 aliphatic rings. The molecule has 4 aliphatic heterocycles. The predicted octanol–water partition coefficient (Wildman–Crippen LogP) is 2.75. The number of aliphatic hydroxyl groups excluding tert-OH is 1. The molecule has 0 amide bonds. The number of fused-ring (bicyclic) bond motifs is 4. The van der Waals surface area contributed by atoms with Crippen molar-refractivity contribution in [2.75, 3.05) is 25.6 Å². The van der Waals surface area contributed by atoms with Crippen molar-refractivity contribution in [1.82, 2.24) is 4.90 Å². The number of carbonyl (C=O) groups excluding carboxylic acids is 1. The number of aliphatic hydroxyl groups is 1. The van der Waals surface area contributed by atoms with Crippen LogP contribution in [0.15, 0.2) is 35.9 Å². The van der Waals surface area contributed by atoms with Gasteiger partial charge >= 0.3 is 5.97 Å². The Kier molecular flexibility index (Phi) is 4.42. The van der Waals surface area contributed by atoms with Gasteiger partial charge in [0, 0.05) is 45.0 Å². The summed E-state index contributed by atoms with van der Waals surface area (Å²) in [5.74, 6) is -0.556. The van der Waals surface area contributed by atoms with E-state index in [9.17, 15) is 9.90 Å². The van der Waals surface area contributed by atoms with Crippen LogP contribution in [-0.2, 0) is 24.4 Å². The highest BCUT2D eigenvalue weighted by atomic mass is 16.6. The third-order valence-electron chi connectivity index (χ3n) is 8.29. The van der Waals surface area contributed by atoms with Crippen molar-refractivity contribution in [3.63, 3.8) is 0 Å². The fourth-order valence-corrected chi connectivity index (χ4v) is 7.47. The second-order valence-electron chi connectivity index (χ2n) is 8.91. The first-order chi connectivity index (χ1) is 14.9. The topological polar surface area (TPSA) is 80.3 Å². The predicted molar refractivity (Wildman–Crippen MR) is 115 cm³/mol. The molecule has 2 N–H and O–H groups in total. The number of carbonyl (C=O) groups is 1. The first-order valence-electron chi connectivity index (χ1n) is 11.3. The zero-order chi connectivity index (χ0) is 22.2.